The Hall–Kier alpha value is -1.02. The Bertz CT molecular complexity index is 419. The second kappa shape index (κ2) is 6.42. The third-order valence-corrected chi connectivity index (χ3v) is 4.31. The van der Waals surface area contributed by atoms with Gasteiger partial charge in [-0.2, -0.15) is 0 Å². The lowest BCUT2D eigenvalue weighted by molar-refractivity contribution is -0.145. The number of hydrogen-bond donors (Lipinski definition) is 0. The average Bonchev–Trinajstić information content (AvgIpc) is 2.40. The van der Waals surface area contributed by atoms with Crippen molar-refractivity contribution in [3.63, 3.8) is 0 Å². The van der Waals surface area contributed by atoms with Crippen molar-refractivity contribution >= 4 is 17.6 Å². The molecule has 1 aliphatic rings. The van der Waals surface area contributed by atoms with Gasteiger partial charge in [0.2, 0.25) is 0 Å². The number of rotatable bonds is 4. The Labute approximate surface area is 120 Å². The number of carbonyl (C=O) groups is 1. The van der Waals surface area contributed by atoms with E-state index in [1.54, 1.807) is 0 Å². The lowest BCUT2D eigenvalue weighted by atomic mass is 9.67. The maximum absolute atomic E-state index is 11.9. The maximum atomic E-state index is 11.9. The molecule has 19 heavy (non-hydrogen) atoms. The molecule has 1 aromatic rings. The first kappa shape index (κ1) is 14.4. The summed E-state index contributed by atoms with van der Waals surface area (Å²) < 4.78 is 5.15. The summed E-state index contributed by atoms with van der Waals surface area (Å²) in [4.78, 5) is 11.9. The van der Waals surface area contributed by atoms with Crippen molar-refractivity contribution in [2.24, 2.45) is 0 Å². The van der Waals surface area contributed by atoms with Gasteiger partial charge in [-0.25, -0.2) is 0 Å². The van der Waals surface area contributed by atoms with E-state index in [2.05, 4.69) is 12.1 Å². The van der Waals surface area contributed by atoms with E-state index in [9.17, 15) is 4.79 Å². The van der Waals surface area contributed by atoms with Crippen molar-refractivity contribution in [3.05, 3.63) is 34.9 Å². The summed E-state index contributed by atoms with van der Waals surface area (Å²) in [5.41, 5.74) is 1.18. The van der Waals surface area contributed by atoms with Crippen LogP contribution in [-0.4, -0.2) is 12.6 Å². The summed E-state index contributed by atoms with van der Waals surface area (Å²) in [7, 11) is 0. The number of benzene rings is 1. The molecule has 0 aromatic heterocycles. The lowest BCUT2D eigenvalue weighted by Gasteiger charge is -2.37. The molecule has 0 saturated heterocycles. The molecule has 0 radical (unpaired) electrons. The van der Waals surface area contributed by atoms with Crippen molar-refractivity contribution in [2.75, 3.05) is 6.61 Å². The fourth-order valence-corrected chi connectivity index (χ4v) is 3.21. The van der Waals surface area contributed by atoms with Crippen molar-refractivity contribution in [2.45, 2.75) is 50.9 Å². The third kappa shape index (κ3) is 3.50. The third-order valence-electron chi connectivity index (χ3n) is 4.06. The molecule has 2 rings (SSSR count). The van der Waals surface area contributed by atoms with Gasteiger partial charge in [0.1, 0.15) is 0 Å². The maximum Gasteiger partial charge on any atom is 0.306 e. The SMILES string of the molecule is CCOC(=O)CC1(c2ccc(Cl)cc2)CCCCC1. The van der Waals surface area contributed by atoms with Gasteiger partial charge < -0.3 is 4.74 Å². The molecule has 0 heterocycles. The predicted molar refractivity (Wildman–Crippen MR) is 77.5 cm³/mol. The smallest absolute Gasteiger partial charge is 0.306 e. The van der Waals surface area contributed by atoms with Crippen LogP contribution < -0.4 is 0 Å². The van der Waals surface area contributed by atoms with Crippen LogP contribution in [0.25, 0.3) is 0 Å². The molecule has 1 aromatic carbocycles. The minimum atomic E-state index is -0.0839. The molecule has 0 bridgehead atoms. The van der Waals surface area contributed by atoms with Gasteiger partial charge in [-0.3, -0.25) is 4.79 Å². The van der Waals surface area contributed by atoms with Crippen LogP contribution in [0, 0.1) is 0 Å². The Morgan fingerprint density at radius 1 is 1.21 bits per heavy atom. The largest absolute Gasteiger partial charge is 0.466 e. The van der Waals surface area contributed by atoms with Gasteiger partial charge in [-0.15, -0.1) is 0 Å². The minimum absolute atomic E-state index is 0.0465. The van der Waals surface area contributed by atoms with Crippen molar-refractivity contribution in [1.82, 2.24) is 0 Å². The van der Waals surface area contributed by atoms with E-state index in [0.29, 0.717) is 13.0 Å². The Morgan fingerprint density at radius 2 is 1.84 bits per heavy atom. The fourth-order valence-electron chi connectivity index (χ4n) is 3.09. The van der Waals surface area contributed by atoms with E-state index in [0.717, 1.165) is 17.9 Å². The summed E-state index contributed by atoms with van der Waals surface area (Å²) >= 11 is 5.96. The molecular weight excluding hydrogens is 260 g/mol. The van der Waals surface area contributed by atoms with E-state index in [1.165, 1.54) is 24.8 Å². The van der Waals surface area contributed by atoms with E-state index < -0.39 is 0 Å². The molecule has 1 fully saturated rings. The van der Waals surface area contributed by atoms with Crippen molar-refractivity contribution in [1.29, 1.82) is 0 Å². The average molecular weight is 281 g/mol. The van der Waals surface area contributed by atoms with E-state index in [1.807, 2.05) is 19.1 Å². The van der Waals surface area contributed by atoms with E-state index in [-0.39, 0.29) is 11.4 Å². The zero-order valence-corrected chi connectivity index (χ0v) is 12.2. The quantitative estimate of drug-likeness (QED) is 0.759. The fraction of sp³-hybridized carbons (Fsp3) is 0.562. The predicted octanol–water partition coefficient (Wildman–Crippen LogP) is 4.50. The lowest BCUT2D eigenvalue weighted by Crippen LogP contribution is -2.32. The highest BCUT2D eigenvalue weighted by Gasteiger charge is 2.36. The van der Waals surface area contributed by atoms with Crippen LogP contribution in [0.3, 0.4) is 0 Å². The first-order chi connectivity index (χ1) is 9.16. The molecule has 0 aliphatic heterocycles. The molecule has 2 nitrogen and oxygen atoms in total. The summed E-state index contributed by atoms with van der Waals surface area (Å²) in [6.07, 6.45) is 6.24. The van der Waals surface area contributed by atoms with Gasteiger partial charge in [-0.05, 0) is 37.5 Å². The molecular formula is C16H21ClO2. The summed E-state index contributed by atoms with van der Waals surface area (Å²) in [6.45, 7) is 2.31. The molecule has 0 amide bonds. The highest BCUT2D eigenvalue weighted by Crippen LogP contribution is 2.42. The number of ether oxygens (including phenoxy) is 1. The molecule has 1 saturated carbocycles. The van der Waals surface area contributed by atoms with Crippen LogP contribution >= 0.6 is 11.6 Å². The normalized spacial score (nSPS) is 18.0. The first-order valence-corrected chi connectivity index (χ1v) is 7.46. The highest BCUT2D eigenvalue weighted by atomic mass is 35.5. The molecule has 3 heteroatoms. The molecule has 0 atom stereocenters. The van der Waals surface area contributed by atoms with Gasteiger partial charge in [0.05, 0.1) is 13.0 Å². The Morgan fingerprint density at radius 3 is 2.42 bits per heavy atom. The van der Waals surface area contributed by atoms with Crippen LogP contribution in [0.15, 0.2) is 24.3 Å². The van der Waals surface area contributed by atoms with Crippen LogP contribution in [0.4, 0.5) is 0 Å². The van der Waals surface area contributed by atoms with Crippen LogP contribution in [0.5, 0.6) is 0 Å². The molecule has 104 valence electrons. The number of esters is 1. The van der Waals surface area contributed by atoms with Gasteiger partial charge >= 0.3 is 5.97 Å². The second-order valence-corrected chi connectivity index (χ2v) is 5.77. The monoisotopic (exact) mass is 280 g/mol. The summed E-state index contributed by atoms with van der Waals surface area (Å²) in [6, 6.07) is 7.95. The van der Waals surface area contributed by atoms with Gasteiger partial charge in [0, 0.05) is 10.4 Å². The zero-order valence-electron chi connectivity index (χ0n) is 11.5. The minimum Gasteiger partial charge on any atom is -0.466 e. The number of hydrogen-bond acceptors (Lipinski definition) is 2. The molecule has 0 unspecified atom stereocenters. The first-order valence-electron chi connectivity index (χ1n) is 7.08. The van der Waals surface area contributed by atoms with Crippen molar-refractivity contribution < 1.29 is 9.53 Å². The van der Waals surface area contributed by atoms with Crippen LogP contribution in [-0.2, 0) is 14.9 Å². The summed E-state index contributed by atoms with van der Waals surface area (Å²) in [5.74, 6) is -0.0839. The Kier molecular flexibility index (Phi) is 4.87. The van der Waals surface area contributed by atoms with Gasteiger partial charge in [0.15, 0.2) is 0 Å². The summed E-state index contributed by atoms with van der Waals surface area (Å²) in [5, 5.41) is 0.742. The van der Waals surface area contributed by atoms with E-state index in [4.69, 9.17) is 16.3 Å². The van der Waals surface area contributed by atoms with Gasteiger partial charge in [-0.1, -0.05) is 43.0 Å². The topological polar surface area (TPSA) is 26.3 Å². The number of carbonyl (C=O) groups excluding carboxylic acids is 1. The number of halogens is 1. The molecule has 0 spiro atoms. The Balaban J connectivity index is 2.23. The van der Waals surface area contributed by atoms with E-state index >= 15 is 0 Å². The second-order valence-electron chi connectivity index (χ2n) is 5.33. The molecule has 0 N–H and O–H groups in total. The van der Waals surface area contributed by atoms with Crippen LogP contribution in [0.1, 0.15) is 51.0 Å². The molecule has 1 aliphatic carbocycles. The standard InChI is InChI=1S/C16H21ClO2/c1-2-19-15(18)12-16(10-4-3-5-11-16)13-6-8-14(17)9-7-13/h6-9H,2-5,10-12H2,1H3. The van der Waals surface area contributed by atoms with Crippen LogP contribution in [0.2, 0.25) is 5.02 Å². The van der Waals surface area contributed by atoms with Gasteiger partial charge in [0.25, 0.3) is 0 Å². The highest BCUT2D eigenvalue weighted by molar-refractivity contribution is 6.30. The van der Waals surface area contributed by atoms with Crippen molar-refractivity contribution in [3.8, 4) is 0 Å². The zero-order chi connectivity index (χ0) is 13.7.